The van der Waals surface area contributed by atoms with Crippen molar-refractivity contribution >= 4 is 17.5 Å². The highest BCUT2D eigenvalue weighted by molar-refractivity contribution is 5.80. The summed E-state index contributed by atoms with van der Waals surface area (Å²) in [7, 11) is 1.62. The Labute approximate surface area is 105 Å². The molecule has 18 heavy (non-hydrogen) atoms. The fourth-order valence-electron chi connectivity index (χ4n) is 1.30. The molecule has 0 bridgehead atoms. The first-order valence-corrected chi connectivity index (χ1v) is 5.58. The van der Waals surface area contributed by atoms with Crippen LogP contribution in [0, 0.1) is 16.0 Å². The zero-order valence-electron chi connectivity index (χ0n) is 10.6. The van der Waals surface area contributed by atoms with Crippen molar-refractivity contribution in [2.75, 3.05) is 18.4 Å². The van der Waals surface area contributed by atoms with Crippen LogP contribution in [0.15, 0.2) is 6.33 Å². The van der Waals surface area contributed by atoms with Crippen LogP contribution in [0.5, 0.6) is 0 Å². The molecule has 2 N–H and O–H groups in total. The number of carbonyl (C=O) groups excluding carboxylic acids is 1. The first-order valence-electron chi connectivity index (χ1n) is 5.58. The van der Waals surface area contributed by atoms with Crippen LogP contribution in [-0.2, 0) is 11.8 Å². The van der Waals surface area contributed by atoms with Crippen LogP contribution in [0.1, 0.15) is 13.8 Å². The van der Waals surface area contributed by atoms with Gasteiger partial charge in [-0.15, -0.1) is 0 Å². The molecule has 1 rings (SSSR count). The third kappa shape index (κ3) is 3.72. The topological polar surface area (TPSA) is 102 Å². The minimum Gasteiger partial charge on any atom is -0.358 e. The second-order valence-corrected chi connectivity index (χ2v) is 4.34. The van der Waals surface area contributed by atoms with Crippen molar-refractivity contribution in [1.29, 1.82) is 0 Å². The molecule has 0 spiro atoms. The minimum absolute atomic E-state index is 0.0207. The molecule has 0 atom stereocenters. The summed E-state index contributed by atoms with van der Waals surface area (Å²) in [5, 5.41) is 16.1. The zero-order valence-corrected chi connectivity index (χ0v) is 10.6. The van der Waals surface area contributed by atoms with Gasteiger partial charge in [0.25, 0.3) is 0 Å². The molecule has 0 radical (unpaired) electrons. The smallest absolute Gasteiger partial charge is 0.358 e. The van der Waals surface area contributed by atoms with Crippen molar-refractivity contribution < 1.29 is 9.72 Å². The first kappa shape index (κ1) is 13.9. The van der Waals surface area contributed by atoms with E-state index in [1.807, 2.05) is 13.8 Å². The molecule has 1 heterocycles. The lowest BCUT2D eigenvalue weighted by atomic mass is 10.2. The van der Waals surface area contributed by atoms with E-state index in [1.165, 1.54) is 10.9 Å². The summed E-state index contributed by atoms with van der Waals surface area (Å²) < 4.78 is 1.47. The van der Waals surface area contributed by atoms with E-state index in [-0.39, 0.29) is 24.1 Å². The Kier molecular flexibility index (Phi) is 4.64. The molecule has 0 aromatic carbocycles. The molecule has 0 saturated carbocycles. The lowest BCUT2D eigenvalue weighted by Gasteiger charge is -2.09. The van der Waals surface area contributed by atoms with Gasteiger partial charge in [-0.1, -0.05) is 13.8 Å². The summed E-state index contributed by atoms with van der Waals surface area (Å²) in [5.74, 6) is 0.0908. The summed E-state index contributed by atoms with van der Waals surface area (Å²) in [5.41, 5.74) is 0. The van der Waals surface area contributed by atoms with Gasteiger partial charge in [0.1, 0.15) is 0 Å². The third-order valence-electron chi connectivity index (χ3n) is 2.21. The summed E-state index contributed by atoms with van der Waals surface area (Å²) in [6, 6.07) is 0. The number of amides is 1. The highest BCUT2D eigenvalue weighted by Crippen LogP contribution is 2.20. The normalized spacial score (nSPS) is 10.4. The average molecular weight is 255 g/mol. The standard InChI is InChI=1S/C10H17N5O3/c1-7(2)4-11-8(16)5-12-9-10(15(17)18)13-6-14(9)3/h6-7,12H,4-5H2,1-3H3,(H,11,16). The summed E-state index contributed by atoms with van der Waals surface area (Å²) >= 11 is 0. The summed E-state index contributed by atoms with van der Waals surface area (Å²) in [4.78, 5) is 25.2. The second-order valence-electron chi connectivity index (χ2n) is 4.34. The van der Waals surface area contributed by atoms with Crippen molar-refractivity contribution in [2.45, 2.75) is 13.8 Å². The molecular formula is C10H17N5O3. The largest absolute Gasteiger partial charge is 0.406 e. The molecule has 0 aliphatic rings. The lowest BCUT2D eigenvalue weighted by Crippen LogP contribution is -2.32. The number of aryl methyl sites for hydroxylation is 1. The second kappa shape index (κ2) is 5.99. The van der Waals surface area contributed by atoms with Gasteiger partial charge in [0.05, 0.1) is 6.54 Å². The number of aromatic nitrogens is 2. The maximum Gasteiger partial charge on any atom is 0.406 e. The highest BCUT2D eigenvalue weighted by atomic mass is 16.6. The first-order chi connectivity index (χ1) is 8.41. The van der Waals surface area contributed by atoms with Crippen LogP contribution in [0.4, 0.5) is 11.6 Å². The van der Waals surface area contributed by atoms with Crippen LogP contribution in [0.3, 0.4) is 0 Å². The number of anilines is 1. The Balaban J connectivity index is 2.55. The number of carbonyl (C=O) groups is 1. The molecular weight excluding hydrogens is 238 g/mol. The molecule has 1 aromatic rings. The van der Waals surface area contributed by atoms with Crippen molar-refractivity contribution in [2.24, 2.45) is 13.0 Å². The van der Waals surface area contributed by atoms with E-state index < -0.39 is 4.92 Å². The van der Waals surface area contributed by atoms with E-state index in [4.69, 9.17) is 0 Å². The summed E-state index contributed by atoms with van der Waals surface area (Å²) in [6.07, 6.45) is 1.33. The van der Waals surface area contributed by atoms with E-state index in [1.54, 1.807) is 7.05 Å². The Morgan fingerprint density at radius 3 is 2.83 bits per heavy atom. The van der Waals surface area contributed by atoms with Crippen molar-refractivity contribution in [3.05, 3.63) is 16.4 Å². The Hall–Kier alpha value is -2.12. The van der Waals surface area contributed by atoms with E-state index >= 15 is 0 Å². The third-order valence-corrected chi connectivity index (χ3v) is 2.21. The molecule has 0 unspecified atom stereocenters. The van der Waals surface area contributed by atoms with E-state index in [9.17, 15) is 14.9 Å². The fourth-order valence-corrected chi connectivity index (χ4v) is 1.30. The van der Waals surface area contributed by atoms with Crippen LogP contribution >= 0.6 is 0 Å². The van der Waals surface area contributed by atoms with Gasteiger partial charge in [-0.05, 0) is 15.8 Å². The molecule has 1 amide bonds. The van der Waals surface area contributed by atoms with E-state index in [0.717, 1.165) is 0 Å². The molecule has 100 valence electrons. The number of hydrogen-bond acceptors (Lipinski definition) is 5. The van der Waals surface area contributed by atoms with Crippen LogP contribution in [0.25, 0.3) is 0 Å². The van der Waals surface area contributed by atoms with Gasteiger partial charge in [-0.3, -0.25) is 9.36 Å². The van der Waals surface area contributed by atoms with E-state index in [2.05, 4.69) is 15.6 Å². The van der Waals surface area contributed by atoms with Crippen LogP contribution in [0.2, 0.25) is 0 Å². The highest BCUT2D eigenvalue weighted by Gasteiger charge is 2.20. The van der Waals surface area contributed by atoms with Gasteiger partial charge < -0.3 is 20.7 Å². The number of nitrogens with zero attached hydrogens (tertiary/aromatic N) is 3. The van der Waals surface area contributed by atoms with E-state index in [0.29, 0.717) is 12.5 Å². The van der Waals surface area contributed by atoms with Crippen molar-refractivity contribution in [3.63, 3.8) is 0 Å². The molecule has 0 aliphatic heterocycles. The van der Waals surface area contributed by atoms with Crippen LogP contribution in [-0.4, -0.2) is 33.5 Å². The Bertz CT molecular complexity index is 441. The minimum atomic E-state index is -0.589. The Morgan fingerprint density at radius 2 is 2.28 bits per heavy atom. The molecule has 0 aliphatic carbocycles. The number of nitrogens with one attached hydrogen (secondary N) is 2. The van der Waals surface area contributed by atoms with Crippen molar-refractivity contribution in [1.82, 2.24) is 14.9 Å². The lowest BCUT2D eigenvalue weighted by molar-refractivity contribution is -0.388. The average Bonchev–Trinajstić information content (AvgIpc) is 2.65. The van der Waals surface area contributed by atoms with Gasteiger partial charge in [-0.25, -0.2) is 0 Å². The van der Waals surface area contributed by atoms with Gasteiger partial charge in [0, 0.05) is 13.6 Å². The SMILES string of the molecule is CC(C)CNC(=O)CNc1c([N+](=O)[O-])ncn1C. The molecule has 8 heteroatoms. The molecule has 0 saturated heterocycles. The van der Waals surface area contributed by atoms with Crippen molar-refractivity contribution in [3.8, 4) is 0 Å². The predicted molar refractivity (Wildman–Crippen MR) is 66.2 cm³/mol. The monoisotopic (exact) mass is 255 g/mol. The van der Waals surface area contributed by atoms with Gasteiger partial charge in [0.15, 0.2) is 0 Å². The maximum absolute atomic E-state index is 11.5. The van der Waals surface area contributed by atoms with Crippen LogP contribution < -0.4 is 10.6 Å². The summed E-state index contributed by atoms with van der Waals surface area (Å²) in [6.45, 7) is 4.53. The fraction of sp³-hybridized carbons (Fsp3) is 0.600. The Morgan fingerprint density at radius 1 is 1.61 bits per heavy atom. The van der Waals surface area contributed by atoms with Gasteiger partial charge in [-0.2, -0.15) is 0 Å². The predicted octanol–water partition coefficient (Wildman–Crippen LogP) is 0.512. The van der Waals surface area contributed by atoms with Gasteiger partial charge >= 0.3 is 5.82 Å². The molecule has 1 aromatic heterocycles. The zero-order chi connectivity index (χ0) is 13.7. The number of rotatable bonds is 6. The van der Waals surface area contributed by atoms with Gasteiger partial charge in [0.2, 0.25) is 18.1 Å². The molecule has 0 fully saturated rings. The molecule has 8 nitrogen and oxygen atoms in total. The number of hydrogen-bond donors (Lipinski definition) is 2. The number of nitro groups is 1. The quantitative estimate of drug-likeness (QED) is 0.569. The number of imidazole rings is 1. The maximum atomic E-state index is 11.5.